The summed E-state index contributed by atoms with van der Waals surface area (Å²) in [6.07, 6.45) is 5.19. The number of ether oxygens (including phenoxy) is 1. The highest BCUT2D eigenvalue weighted by atomic mass is 16.5. The van der Waals surface area contributed by atoms with Crippen molar-refractivity contribution in [3.63, 3.8) is 0 Å². The number of aromatic amines is 1. The number of ketones is 1. The number of carbonyl (C=O) groups excluding carboxylic acids is 1. The van der Waals surface area contributed by atoms with Crippen LogP contribution in [0.5, 0.6) is 0 Å². The van der Waals surface area contributed by atoms with E-state index in [4.69, 9.17) is 4.74 Å². The lowest BCUT2D eigenvalue weighted by atomic mass is 9.56. The smallest absolute Gasteiger partial charge is 0.160 e. The van der Waals surface area contributed by atoms with Gasteiger partial charge >= 0.3 is 0 Å². The Bertz CT molecular complexity index is 876. The zero-order valence-corrected chi connectivity index (χ0v) is 14.5. The van der Waals surface area contributed by atoms with Crippen LogP contribution in [-0.2, 0) is 21.4 Å². The summed E-state index contributed by atoms with van der Waals surface area (Å²) in [7, 11) is 0. The molecule has 128 valence electrons. The average Bonchev–Trinajstić information content (AvgIpc) is 3.07. The minimum atomic E-state index is -0.375. The molecule has 4 heteroatoms. The third-order valence-corrected chi connectivity index (χ3v) is 6.36. The van der Waals surface area contributed by atoms with Crippen LogP contribution in [0.15, 0.2) is 47.7 Å². The van der Waals surface area contributed by atoms with Gasteiger partial charge in [-0.05, 0) is 18.4 Å². The molecule has 1 fully saturated rings. The molecule has 1 N–H and O–H groups in total. The first-order valence-corrected chi connectivity index (χ1v) is 9.10. The van der Waals surface area contributed by atoms with Gasteiger partial charge in [0.2, 0.25) is 0 Å². The van der Waals surface area contributed by atoms with Crippen LogP contribution in [0.1, 0.15) is 43.0 Å². The summed E-state index contributed by atoms with van der Waals surface area (Å²) in [6.45, 7) is 3.62. The molecule has 4 nitrogen and oxygen atoms in total. The number of rotatable bonds is 2. The Morgan fingerprint density at radius 1 is 1.20 bits per heavy atom. The van der Waals surface area contributed by atoms with Crippen molar-refractivity contribution < 1.29 is 9.53 Å². The molecule has 1 aromatic heterocycles. The van der Waals surface area contributed by atoms with Crippen molar-refractivity contribution in [2.75, 3.05) is 13.2 Å². The predicted molar refractivity (Wildman–Crippen MR) is 94.3 cm³/mol. The summed E-state index contributed by atoms with van der Waals surface area (Å²) in [5.74, 6) is 0.308. The van der Waals surface area contributed by atoms with E-state index in [-0.39, 0.29) is 10.8 Å². The van der Waals surface area contributed by atoms with Crippen molar-refractivity contribution in [1.82, 2.24) is 10.2 Å². The number of carbonyl (C=O) groups is 1. The number of fused-ring (bicyclic) bond motifs is 1. The Morgan fingerprint density at radius 3 is 2.68 bits per heavy atom. The van der Waals surface area contributed by atoms with Crippen molar-refractivity contribution in [1.29, 1.82) is 0 Å². The molecule has 0 radical (unpaired) electrons. The van der Waals surface area contributed by atoms with Crippen molar-refractivity contribution in [2.24, 2.45) is 5.41 Å². The Kier molecular flexibility index (Phi) is 3.11. The maximum absolute atomic E-state index is 13.4. The maximum atomic E-state index is 13.4. The Balaban J connectivity index is 1.77. The summed E-state index contributed by atoms with van der Waals surface area (Å²) in [5.41, 5.74) is 5.53. The second-order valence-corrected chi connectivity index (χ2v) is 7.81. The van der Waals surface area contributed by atoms with Crippen LogP contribution in [0.4, 0.5) is 0 Å². The zero-order chi connectivity index (χ0) is 17.1. The molecule has 0 amide bonds. The van der Waals surface area contributed by atoms with Crippen molar-refractivity contribution >= 4 is 5.78 Å². The number of H-pyrrole nitrogens is 1. The van der Waals surface area contributed by atoms with E-state index in [2.05, 4.69) is 41.4 Å². The van der Waals surface area contributed by atoms with Gasteiger partial charge in [-0.15, -0.1) is 0 Å². The fraction of sp³-hybridized carbons (Fsp3) is 0.429. The lowest BCUT2D eigenvalue weighted by Crippen LogP contribution is -2.50. The molecule has 2 aliphatic carbocycles. The molecule has 1 aromatic carbocycles. The van der Waals surface area contributed by atoms with Gasteiger partial charge in [0.15, 0.2) is 5.78 Å². The number of hydrogen-bond donors (Lipinski definition) is 1. The van der Waals surface area contributed by atoms with Crippen molar-refractivity contribution in [3.8, 4) is 0 Å². The van der Waals surface area contributed by atoms with Gasteiger partial charge in [-0.25, -0.2) is 0 Å². The molecule has 2 aromatic rings. The largest absolute Gasteiger partial charge is 0.380 e. The van der Waals surface area contributed by atoms with Crippen LogP contribution in [0.2, 0.25) is 0 Å². The summed E-state index contributed by atoms with van der Waals surface area (Å²) >= 11 is 0. The van der Waals surface area contributed by atoms with Gasteiger partial charge in [-0.2, -0.15) is 5.10 Å². The molecule has 25 heavy (non-hydrogen) atoms. The Labute approximate surface area is 147 Å². The lowest BCUT2D eigenvalue weighted by molar-refractivity contribution is -0.142. The molecule has 1 unspecified atom stereocenters. The first-order chi connectivity index (χ1) is 12.2. The van der Waals surface area contributed by atoms with Gasteiger partial charge in [-0.1, -0.05) is 42.8 Å². The highest BCUT2D eigenvalue weighted by molar-refractivity contribution is 6.02. The van der Waals surface area contributed by atoms with Gasteiger partial charge in [0, 0.05) is 35.1 Å². The molecular formula is C21H22N2O2. The quantitative estimate of drug-likeness (QED) is 0.916. The number of Topliss-reactive ketones (excluding diaryl/α,β-unsaturated/α-hetero) is 1. The van der Waals surface area contributed by atoms with Crippen LogP contribution in [0.25, 0.3) is 0 Å². The first kappa shape index (κ1) is 15.1. The van der Waals surface area contributed by atoms with Gasteiger partial charge in [-0.3, -0.25) is 9.89 Å². The molecular weight excluding hydrogens is 312 g/mol. The fourth-order valence-corrected chi connectivity index (χ4v) is 5.27. The van der Waals surface area contributed by atoms with Gasteiger partial charge in [0.1, 0.15) is 0 Å². The standard InChI is InChI=1S/C21H22N2O2/c1-2-21(15-6-4-3-5-7-15)16-11-22-23-17(16)8-14-9-20(12-25-13-20)10-18(24)19(14)21/h3-7,11H,2,8-10,12-13H2,1H3,(H,22,23). The van der Waals surface area contributed by atoms with Gasteiger partial charge < -0.3 is 4.74 Å². The topological polar surface area (TPSA) is 55.0 Å². The molecule has 1 spiro atoms. The zero-order valence-electron chi connectivity index (χ0n) is 14.5. The molecule has 5 rings (SSSR count). The van der Waals surface area contributed by atoms with E-state index in [0.29, 0.717) is 12.2 Å². The second-order valence-electron chi connectivity index (χ2n) is 7.81. The number of allylic oxidation sites excluding steroid dienone is 2. The highest BCUT2D eigenvalue weighted by Crippen LogP contribution is 2.55. The third kappa shape index (κ3) is 1.92. The number of benzene rings is 1. The Hall–Kier alpha value is -2.20. The molecule has 2 heterocycles. The van der Waals surface area contributed by atoms with E-state index in [1.807, 2.05) is 12.3 Å². The minimum absolute atomic E-state index is 0.0452. The molecule has 1 atom stereocenters. The number of aromatic nitrogens is 2. The molecule has 0 saturated carbocycles. The van der Waals surface area contributed by atoms with Crippen LogP contribution in [-0.4, -0.2) is 29.2 Å². The first-order valence-electron chi connectivity index (χ1n) is 9.10. The summed E-state index contributed by atoms with van der Waals surface area (Å²) < 4.78 is 5.47. The molecule has 0 bridgehead atoms. The summed E-state index contributed by atoms with van der Waals surface area (Å²) in [5, 5.41) is 7.54. The number of nitrogens with one attached hydrogen (secondary N) is 1. The normalized spacial score (nSPS) is 27.0. The second kappa shape index (κ2) is 5.15. The average molecular weight is 334 g/mol. The SMILES string of the molecule is CCC1(c2ccccc2)C2=C(Cc3[nH]ncc31)CC1(COC1)CC2=O. The summed E-state index contributed by atoms with van der Waals surface area (Å²) in [6, 6.07) is 10.5. The van der Waals surface area contributed by atoms with Crippen LogP contribution < -0.4 is 0 Å². The van der Waals surface area contributed by atoms with Crippen LogP contribution >= 0.6 is 0 Å². The van der Waals surface area contributed by atoms with E-state index in [9.17, 15) is 4.79 Å². The van der Waals surface area contributed by atoms with Gasteiger partial charge in [0.05, 0.1) is 24.8 Å². The molecule has 3 aliphatic rings. The van der Waals surface area contributed by atoms with Crippen LogP contribution in [0, 0.1) is 5.41 Å². The minimum Gasteiger partial charge on any atom is -0.380 e. The van der Waals surface area contributed by atoms with E-state index in [1.165, 1.54) is 16.7 Å². The van der Waals surface area contributed by atoms with Gasteiger partial charge in [0.25, 0.3) is 0 Å². The third-order valence-electron chi connectivity index (χ3n) is 6.36. The van der Waals surface area contributed by atoms with E-state index < -0.39 is 0 Å². The van der Waals surface area contributed by atoms with E-state index in [0.717, 1.165) is 43.7 Å². The van der Waals surface area contributed by atoms with Crippen molar-refractivity contribution in [3.05, 3.63) is 64.5 Å². The predicted octanol–water partition coefficient (Wildman–Crippen LogP) is 3.34. The maximum Gasteiger partial charge on any atom is 0.160 e. The van der Waals surface area contributed by atoms with Crippen molar-refractivity contribution in [2.45, 2.75) is 38.0 Å². The highest BCUT2D eigenvalue weighted by Gasteiger charge is 2.53. The molecule has 1 aliphatic heterocycles. The monoisotopic (exact) mass is 334 g/mol. The number of hydrogen-bond acceptors (Lipinski definition) is 3. The molecule has 1 saturated heterocycles. The van der Waals surface area contributed by atoms with Crippen LogP contribution in [0.3, 0.4) is 0 Å². The fourth-order valence-electron chi connectivity index (χ4n) is 5.27. The Morgan fingerprint density at radius 2 is 2.00 bits per heavy atom. The van der Waals surface area contributed by atoms with E-state index >= 15 is 0 Å². The summed E-state index contributed by atoms with van der Waals surface area (Å²) in [4.78, 5) is 13.4. The number of nitrogens with zero attached hydrogens (tertiary/aromatic N) is 1. The van der Waals surface area contributed by atoms with E-state index in [1.54, 1.807) is 0 Å². The lowest BCUT2D eigenvalue weighted by Gasteiger charge is -2.49.